The summed E-state index contributed by atoms with van der Waals surface area (Å²) in [5.74, 6) is -0.121. The highest BCUT2D eigenvalue weighted by molar-refractivity contribution is 9.10. The van der Waals surface area contributed by atoms with E-state index in [0.29, 0.717) is 27.7 Å². The number of carbonyl (C=O) groups excluding carboxylic acids is 2. The van der Waals surface area contributed by atoms with Crippen molar-refractivity contribution in [3.8, 4) is 11.3 Å². The molecule has 2 aromatic heterocycles. The number of fused-ring (bicyclic) bond motifs is 2. The van der Waals surface area contributed by atoms with Gasteiger partial charge in [0.25, 0.3) is 5.91 Å². The van der Waals surface area contributed by atoms with Crippen molar-refractivity contribution >= 4 is 55.0 Å². The fourth-order valence-electron chi connectivity index (χ4n) is 5.16. The molecule has 38 heavy (non-hydrogen) atoms. The van der Waals surface area contributed by atoms with E-state index < -0.39 is 0 Å². The third kappa shape index (κ3) is 5.27. The van der Waals surface area contributed by atoms with Crippen molar-refractivity contribution in [2.75, 3.05) is 11.9 Å². The molecule has 1 unspecified atom stereocenters. The Kier molecular flexibility index (Phi) is 7.43. The molecule has 7 heteroatoms. The van der Waals surface area contributed by atoms with E-state index in [4.69, 9.17) is 9.72 Å². The molecule has 0 saturated carbocycles. The number of thiophene rings is 1. The second-order valence-corrected chi connectivity index (χ2v) is 12.8. The molecular weight excluding hydrogens is 560 g/mol. The summed E-state index contributed by atoms with van der Waals surface area (Å²) in [7, 11) is 0. The van der Waals surface area contributed by atoms with Crippen LogP contribution in [0.25, 0.3) is 22.2 Å². The number of halogens is 1. The molecule has 1 amide bonds. The normalized spacial score (nSPS) is 15.2. The smallest absolute Gasteiger partial charge is 0.341 e. The standard InChI is InChI=1S/C31H31BrN2O3S/c1-5-37-30(36)27-22-14-13-19(31(2,3)4)16-26(22)38-29(27)34-28(35)23-17-25(18-9-8-10-20(32)15-18)33-24-12-7-6-11-21(23)24/h6-12,15,17,19H,5,13-14,16H2,1-4H3,(H,34,35). The summed E-state index contributed by atoms with van der Waals surface area (Å²) in [6.45, 7) is 8.89. The quantitative estimate of drug-likeness (QED) is 0.237. The fraction of sp³-hybridized carbons (Fsp3) is 0.323. The Morgan fingerprint density at radius 3 is 2.66 bits per heavy atom. The van der Waals surface area contributed by atoms with Crippen LogP contribution in [0, 0.1) is 11.3 Å². The number of aromatic nitrogens is 1. The van der Waals surface area contributed by atoms with Crippen LogP contribution in [0.2, 0.25) is 0 Å². The second-order valence-electron chi connectivity index (χ2n) is 10.8. The molecule has 5 nitrogen and oxygen atoms in total. The monoisotopic (exact) mass is 590 g/mol. The molecule has 0 saturated heterocycles. The molecule has 1 aliphatic rings. The number of hydrogen-bond acceptors (Lipinski definition) is 5. The minimum Gasteiger partial charge on any atom is -0.462 e. The number of pyridine rings is 1. The number of nitrogens with zero attached hydrogens (tertiary/aromatic N) is 1. The number of rotatable bonds is 5. The van der Waals surface area contributed by atoms with Crippen LogP contribution in [0.1, 0.15) is 65.3 Å². The van der Waals surface area contributed by atoms with Gasteiger partial charge >= 0.3 is 5.97 Å². The van der Waals surface area contributed by atoms with E-state index in [0.717, 1.165) is 45.8 Å². The van der Waals surface area contributed by atoms with Crippen LogP contribution in [-0.2, 0) is 17.6 Å². The highest BCUT2D eigenvalue weighted by Crippen LogP contribution is 2.44. The Morgan fingerprint density at radius 1 is 1.13 bits per heavy atom. The lowest BCUT2D eigenvalue weighted by Crippen LogP contribution is -2.26. The number of benzene rings is 2. The lowest BCUT2D eigenvalue weighted by Gasteiger charge is -2.33. The van der Waals surface area contributed by atoms with Crippen LogP contribution in [0.5, 0.6) is 0 Å². The zero-order chi connectivity index (χ0) is 27.0. The third-order valence-electron chi connectivity index (χ3n) is 7.28. The van der Waals surface area contributed by atoms with E-state index in [1.54, 1.807) is 6.92 Å². The van der Waals surface area contributed by atoms with E-state index in [-0.39, 0.29) is 23.9 Å². The van der Waals surface area contributed by atoms with Crippen molar-refractivity contribution in [2.24, 2.45) is 11.3 Å². The van der Waals surface area contributed by atoms with E-state index >= 15 is 0 Å². The minimum absolute atomic E-state index is 0.175. The van der Waals surface area contributed by atoms with Gasteiger partial charge in [-0.2, -0.15) is 0 Å². The first kappa shape index (κ1) is 26.6. The Bertz CT molecular complexity index is 1540. The molecule has 0 fully saturated rings. The number of nitrogens with one attached hydrogen (secondary N) is 1. The Balaban J connectivity index is 1.57. The van der Waals surface area contributed by atoms with Crippen LogP contribution in [0.4, 0.5) is 5.00 Å². The van der Waals surface area contributed by atoms with Gasteiger partial charge in [-0.1, -0.05) is 67.0 Å². The second kappa shape index (κ2) is 10.6. The number of ether oxygens (including phenoxy) is 1. The van der Waals surface area contributed by atoms with Gasteiger partial charge in [-0.05, 0) is 67.3 Å². The van der Waals surface area contributed by atoms with Gasteiger partial charge in [-0.15, -0.1) is 11.3 Å². The molecule has 0 bridgehead atoms. The van der Waals surface area contributed by atoms with Gasteiger partial charge in [0.2, 0.25) is 0 Å². The summed E-state index contributed by atoms with van der Waals surface area (Å²) >= 11 is 5.04. The van der Waals surface area contributed by atoms with Crippen LogP contribution < -0.4 is 5.32 Å². The molecule has 2 aromatic carbocycles. The fourth-order valence-corrected chi connectivity index (χ4v) is 6.87. The average molecular weight is 592 g/mol. The summed E-state index contributed by atoms with van der Waals surface area (Å²) in [4.78, 5) is 32.9. The lowest BCUT2D eigenvalue weighted by atomic mass is 9.72. The van der Waals surface area contributed by atoms with Crippen LogP contribution in [-0.4, -0.2) is 23.5 Å². The zero-order valence-electron chi connectivity index (χ0n) is 22.1. The first-order valence-corrected chi connectivity index (χ1v) is 14.6. The molecule has 1 N–H and O–H groups in total. The van der Waals surface area contributed by atoms with E-state index in [2.05, 4.69) is 42.0 Å². The number of para-hydroxylation sites is 1. The van der Waals surface area contributed by atoms with Crippen LogP contribution in [0.3, 0.4) is 0 Å². The molecule has 1 aliphatic carbocycles. The van der Waals surface area contributed by atoms with Gasteiger partial charge in [0.05, 0.1) is 28.9 Å². The van der Waals surface area contributed by atoms with Crippen molar-refractivity contribution in [2.45, 2.75) is 47.0 Å². The number of carbonyl (C=O) groups is 2. The van der Waals surface area contributed by atoms with Gasteiger partial charge in [0, 0.05) is 20.3 Å². The largest absolute Gasteiger partial charge is 0.462 e. The molecule has 196 valence electrons. The maximum absolute atomic E-state index is 13.9. The molecular formula is C31H31BrN2O3S. The highest BCUT2D eigenvalue weighted by Gasteiger charge is 2.34. The molecule has 4 aromatic rings. The van der Waals surface area contributed by atoms with Gasteiger partial charge < -0.3 is 10.1 Å². The number of amides is 1. The maximum atomic E-state index is 13.9. The van der Waals surface area contributed by atoms with Crippen molar-refractivity contribution < 1.29 is 14.3 Å². The van der Waals surface area contributed by atoms with Gasteiger partial charge in [0.1, 0.15) is 5.00 Å². The Morgan fingerprint density at radius 2 is 1.92 bits per heavy atom. The maximum Gasteiger partial charge on any atom is 0.341 e. The van der Waals surface area contributed by atoms with Gasteiger partial charge in [-0.25, -0.2) is 9.78 Å². The molecule has 0 radical (unpaired) electrons. The summed E-state index contributed by atoms with van der Waals surface area (Å²) < 4.78 is 6.37. The predicted molar refractivity (Wildman–Crippen MR) is 158 cm³/mol. The molecule has 1 atom stereocenters. The SMILES string of the molecule is CCOC(=O)c1c(NC(=O)c2cc(-c3cccc(Br)c3)nc3ccccc23)sc2c1CCC(C(C)(C)C)C2. The van der Waals surface area contributed by atoms with Crippen molar-refractivity contribution in [1.82, 2.24) is 4.98 Å². The molecule has 2 heterocycles. The minimum atomic E-state index is -0.371. The molecule has 0 spiro atoms. The summed E-state index contributed by atoms with van der Waals surface area (Å²) in [5, 5.41) is 4.43. The molecule has 0 aliphatic heterocycles. The highest BCUT2D eigenvalue weighted by atomic mass is 79.9. The first-order chi connectivity index (χ1) is 18.2. The number of hydrogen-bond donors (Lipinski definition) is 1. The first-order valence-electron chi connectivity index (χ1n) is 12.9. The van der Waals surface area contributed by atoms with Gasteiger partial charge in [-0.3, -0.25) is 4.79 Å². The van der Waals surface area contributed by atoms with Gasteiger partial charge in [0.15, 0.2) is 0 Å². The molecule has 5 rings (SSSR count). The summed E-state index contributed by atoms with van der Waals surface area (Å²) in [6, 6.07) is 17.3. The Labute approximate surface area is 235 Å². The summed E-state index contributed by atoms with van der Waals surface area (Å²) in [6.07, 6.45) is 2.72. The topological polar surface area (TPSA) is 68.3 Å². The van der Waals surface area contributed by atoms with E-state index in [1.165, 1.54) is 16.2 Å². The van der Waals surface area contributed by atoms with E-state index in [1.807, 2.05) is 54.6 Å². The van der Waals surface area contributed by atoms with Crippen LogP contribution in [0.15, 0.2) is 59.1 Å². The predicted octanol–water partition coefficient (Wildman–Crippen LogP) is 8.31. The third-order valence-corrected chi connectivity index (χ3v) is 8.94. The van der Waals surface area contributed by atoms with E-state index in [9.17, 15) is 9.59 Å². The number of esters is 1. The number of anilines is 1. The lowest BCUT2D eigenvalue weighted by molar-refractivity contribution is 0.0526. The average Bonchev–Trinajstić information content (AvgIpc) is 3.24. The van der Waals surface area contributed by atoms with Crippen molar-refractivity contribution in [3.63, 3.8) is 0 Å². The summed E-state index contributed by atoms with van der Waals surface area (Å²) in [5.41, 5.74) is 4.58. The van der Waals surface area contributed by atoms with Crippen molar-refractivity contribution in [3.05, 3.63) is 80.6 Å². The zero-order valence-corrected chi connectivity index (χ0v) is 24.5. The van der Waals surface area contributed by atoms with Crippen molar-refractivity contribution in [1.29, 1.82) is 0 Å². The van der Waals surface area contributed by atoms with Crippen LogP contribution >= 0.6 is 27.3 Å². The Hall–Kier alpha value is -3.03.